The van der Waals surface area contributed by atoms with Gasteiger partial charge in [0.15, 0.2) is 0 Å². The Morgan fingerprint density at radius 2 is 2.05 bits per heavy atom. The number of nitrogens with one attached hydrogen (secondary N) is 1. The number of para-hydroxylation sites is 1. The average molecular weight is 303 g/mol. The molecule has 0 aliphatic carbocycles. The summed E-state index contributed by atoms with van der Waals surface area (Å²) in [6.07, 6.45) is 3.61. The van der Waals surface area contributed by atoms with Gasteiger partial charge in [-0.2, -0.15) is 0 Å². The van der Waals surface area contributed by atoms with E-state index in [9.17, 15) is 9.59 Å². The third-order valence-electron chi connectivity index (χ3n) is 3.69. The van der Waals surface area contributed by atoms with Crippen LogP contribution in [0.1, 0.15) is 29.6 Å². The number of carbonyl (C=O) groups is 2. The summed E-state index contributed by atoms with van der Waals surface area (Å²) in [7, 11) is 1.91. The lowest BCUT2D eigenvalue weighted by molar-refractivity contribution is -0.138. The number of nitrogens with two attached hydrogens (primary N) is 1. The number of carboxylic acids is 1. The number of carbonyl (C=O) groups excluding carboxylic acids is 1. The van der Waals surface area contributed by atoms with Crippen LogP contribution in [0.5, 0.6) is 0 Å². The van der Waals surface area contributed by atoms with Crippen LogP contribution in [0, 0.1) is 0 Å². The lowest BCUT2D eigenvalue weighted by atomic mass is 10.1. The number of aliphatic carboxylic acids is 1. The Morgan fingerprint density at radius 3 is 2.77 bits per heavy atom. The monoisotopic (exact) mass is 303 g/mol. The summed E-state index contributed by atoms with van der Waals surface area (Å²) in [6.45, 7) is 0.508. The van der Waals surface area contributed by atoms with Crippen LogP contribution in [-0.2, 0) is 11.8 Å². The maximum Gasteiger partial charge on any atom is 0.320 e. The molecule has 0 aliphatic heterocycles. The number of aromatic nitrogens is 1. The number of amides is 1. The zero-order valence-electron chi connectivity index (χ0n) is 12.6. The molecule has 0 bridgehead atoms. The third kappa shape index (κ3) is 3.65. The van der Waals surface area contributed by atoms with E-state index in [1.807, 2.05) is 42.1 Å². The van der Waals surface area contributed by atoms with E-state index in [0.29, 0.717) is 31.4 Å². The number of benzene rings is 1. The molecule has 1 heterocycles. The summed E-state index contributed by atoms with van der Waals surface area (Å²) in [5.74, 6) is -1.10. The van der Waals surface area contributed by atoms with Gasteiger partial charge in [0, 0.05) is 30.7 Å². The lowest BCUT2D eigenvalue weighted by Gasteiger charge is -2.07. The number of hydrogen-bond acceptors (Lipinski definition) is 3. The molecule has 0 radical (unpaired) electrons. The van der Waals surface area contributed by atoms with Crippen molar-refractivity contribution in [1.29, 1.82) is 0 Å². The summed E-state index contributed by atoms with van der Waals surface area (Å²) >= 11 is 0. The molecule has 22 heavy (non-hydrogen) atoms. The number of aryl methyl sites for hydroxylation is 1. The van der Waals surface area contributed by atoms with Crippen molar-refractivity contribution in [1.82, 2.24) is 9.88 Å². The second-order valence-corrected chi connectivity index (χ2v) is 5.37. The normalized spacial score (nSPS) is 12.3. The minimum Gasteiger partial charge on any atom is -0.480 e. The Bertz CT molecular complexity index is 678. The molecule has 1 aromatic heterocycles. The fourth-order valence-electron chi connectivity index (χ4n) is 2.43. The maximum absolute atomic E-state index is 12.2. The topological polar surface area (TPSA) is 97.4 Å². The highest BCUT2D eigenvalue weighted by Crippen LogP contribution is 2.20. The van der Waals surface area contributed by atoms with Gasteiger partial charge in [-0.05, 0) is 25.3 Å². The van der Waals surface area contributed by atoms with Crippen molar-refractivity contribution in [3.63, 3.8) is 0 Å². The van der Waals surface area contributed by atoms with Gasteiger partial charge in [0.05, 0.1) is 5.56 Å². The number of unbranched alkanes of at least 4 members (excludes halogenated alkanes) is 1. The van der Waals surface area contributed by atoms with E-state index in [0.717, 1.165) is 10.9 Å². The zero-order valence-corrected chi connectivity index (χ0v) is 12.6. The Hall–Kier alpha value is -2.34. The van der Waals surface area contributed by atoms with Crippen molar-refractivity contribution in [3.05, 3.63) is 36.0 Å². The van der Waals surface area contributed by atoms with Gasteiger partial charge in [-0.1, -0.05) is 18.2 Å². The number of fused-ring (bicyclic) bond motifs is 1. The summed E-state index contributed by atoms with van der Waals surface area (Å²) in [4.78, 5) is 22.8. The second-order valence-electron chi connectivity index (χ2n) is 5.37. The van der Waals surface area contributed by atoms with E-state index in [2.05, 4.69) is 5.32 Å². The standard InChI is InChI=1S/C16H21N3O3/c1-19-10-12(11-6-2-3-8-14(11)19)15(20)18-9-5-4-7-13(17)16(21)22/h2-3,6,8,10,13H,4-5,7,9,17H2,1H3,(H,18,20)(H,21,22)/t13-/m0/s1. The first-order valence-electron chi connectivity index (χ1n) is 7.31. The minimum absolute atomic E-state index is 0.112. The molecule has 0 saturated heterocycles. The van der Waals surface area contributed by atoms with Crippen molar-refractivity contribution >= 4 is 22.8 Å². The van der Waals surface area contributed by atoms with E-state index in [1.54, 1.807) is 0 Å². The smallest absolute Gasteiger partial charge is 0.320 e. The van der Waals surface area contributed by atoms with E-state index in [1.165, 1.54) is 0 Å². The minimum atomic E-state index is -0.986. The molecule has 6 nitrogen and oxygen atoms in total. The van der Waals surface area contributed by atoms with Gasteiger partial charge in [-0.25, -0.2) is 0 Å². The van der Waals surface area contributed by atoms with E-state index in [-0.39, 0.29) is 5.91 Å². The predicted octanol–water partition coefficient (Wildman–Crippen LogP) is 1.49. The highest BCUT2D eigenvalue weighted by molar-refractivity contribution is 6.06. The Kier molecular flexibility index (Phi) is 5.16. The number of rotatable bonds is 7. The molecule has 1 aromatic carbocycles. The second kappa shape index (κ2) is 7.09. The first kappa shape index (κ1) is 16.0. The van der Waals surface area contributed by atoms with Crippen LogP contribution < -0.4 is 11.1 Å². The fourth-order valence-corrected chi connectivity index (χ4v) is 2.43. The van der Waals surface area contributed by atoms with Gasteiger partial charge < -0.3 is 20.7 Å². The van der Waals surface area contributed by atoms with Crippen molar-refractivity contribution in [2.75, 3.05) is 6.54 Å². The average Bonchev–Trinajstić information content (AvgIpc) is 2.84. The molecule has 0 unspecified atom stereocenters. The molecular weight excluding hydrogens is 282 g/mol. The first-order chi connectivity index (χ1) is 10.5. The third-order valence-corrected chi connectivity index (χ3v) is 3.69. The number of nitrogens with zero attached hydrogens (tertiary/aromatic N) is 1. The van der Waals surface area contributed by atoms with Gasteiger partial charge in [-0.15, -0.1) is 0 Å². The van der Waals surface area contributed by atoms with Gasteiger partial charge in [0.2, 0.25) is 0 Å². The molecule has 2 aromatic rings. The molecule has 0 aliphatic rings. The van der Waals surface area contributed by atoms with E-state index >= 15 is 0 Å². The summed E-state index contributed by atoms with van der Waals surface area (Å²) in [5, 5.41) is 12.5. The molecule has 118 valence electrons. The summed E-state index contributed by atoms with van der Waals surface area (Å²) in [5.41, 5.74) is 7.09. The molecule has 6 heteroatoms. The van der Waals surface area contributed by atoms with Crippen molar-refractivity contribution in [2.24, 2.45) is 12.8 Å². The molecule has 0 saturated carbocycles. The molecular formula is C16H21N3O3. The fraction of sp³-hybridized carbons (Fsp3) is 0.375. The molecule has 1 amide bonds. The highest BCUT2D eigenvalue weighted by atomic mass is 16.4. The lowest BCUT2D eigenvalue weighted by Crippen LogP contribution is -2.30. The van der Waals surface area contributed by atoms with Crippen LogP contribution in [0.15, 0.2) is 30.5 Å². The van der Waals surface area contributed by atoms with Crippen molar-refractivity contribution in [3.8, 4) is 0 Å². The molecule has 4 N–H and O–H groups in total. The zero-order chi connectivity index (χ0) is 16.1. The number of hydrogen-bond donors (Lipinski definition) is 3. The van der Waals surface area contributed by atoms with Gasteiger partial charge in [-0.3, -0.25) is 9.59 Å². The molecule has 0 fully saturated rings. The Labute approximate surface area is 128 Å². The first-order valence-corrected chi connectivity index (χ1v) is 7.31. The van der Waals surface area contributed by atoms with Crippen LogP contribution in [-0.4, -0.2) is 34.1 Å². The Morgan fingerprint density at radius 1 is 1.32 bits per heavy atom. The van der Waals surface area contributed by atoms with Crippen LogP contribution >= 0.6 is 0 Å². The summed E-state index contributed by atoms with van der Waals surface area (Å²) < 4.78 is 1.93. The molecule has 0 spiro atoms. The van der Waals surface area contributed by atoms with E-state index < -0.39 is 12.0 Å². The SMILES string of the molecule is Cn1cc(C(=O)NCCCC[C@H](N)C(=O)O)c2ccccc21. The van der Waals surface area contributed by atoms with Gasteiger partial charge in [0.1, 0.15) is 6.04 Å². The van der Waals surface area contributed by atoms with Gasteiger partial charge in [0.25, 0.3) is 5.91 Å². The van der Waals surface area contributed by atoms with Crippen LogP contribution in [0.3, 0.4) is 0 Å². The van der Waals surface area contributed by atoms with Crippen LogP contribution in [0.25, 0.3) is 10.9 Å². The Balaban J connectivity index is 1.86. The van der Waals surface area contributed by atoms with Crippen molar-refractivity contribution in [2.45, 2.75) is 25.3 Å². The summed E-state index contributed by atoms with van der Waals surface area (Å²) in [6, 6.07) is 6.92. The maximum atomic E-state index is 12.2. The predicted molar refractivity (Wildman–Crippen MR) is 84.7 cm³/mol. The quantitative estimate of drug-likeness (QED) is 0.675. The molecule has 2 rings (SSSR count). The van der Waals surface area contributed by atoms with Crippen LogP contribution in [0.2, 0.25) is 0 Å². The van der Waals surface area contributed by atoms with Gasteiger partial charge >= 0.3 is 5.97 Å². The van der Waals surface area contributed by atoms with E-state index in [4.69, 9.17) is 10.8 Å². The van der Waals surface area contributed by atoms with Crippen LogP contribution in [0.4, 0.5) is 0 Å². The van der Waals surface area contributed by atoms with Crippen molar-refractivity contribution < 1.29 is 14.7 Å². The highest BCUT2D eigenvalue weighted by Gasteiger charge is 2.13. The molecule has 1 atom stereocenters. The largest absolute Gasteiger partial charge is 0.480 e. The number of carboxylic acid groups (broad SMARTS) is 1.